The molecule has 37 heavy (non-hydrogen) atoms. The minimum atomic E-state index is -0.403. The van der Waals surface area contributed by atoms with E-state index in [1.54, 1.807) is 26.2 Å². The van der Waals surface area contributed by atoms with E-state index >= 15 is 0 Å². The predicted octanol–water partition coefficient (Wildman–Crippen LogP) is 7.73. The van der Waals surface area contributed by atoms with Gasteiger partial charge in [0.1, 0.15) is 11.5 Å². The molecular weight excluding hydrogens is 460 g/mol. The van der Waals surface area contributed by atoms with Crippen molar-refractivity contribution in [3.05, 3.63) is 118 Å². The third kappa shape index (κ3) is 5.49. The number of carbonyl (C=O) groups excluding carboxylic acids is 2. The largest absolute Gasteiger partial charge is 0.496 e. The van der Waals surface area contributed by atoms with Crippen LogP contribution < -0.4 is 9.47 Å². The molecule has 4 nitrogen and oxygen atoms in total. The van der Waals surface area contributed by atoms with Crippen molar-refractivity contribution in [3.8, 4) is 22.6 Å². The summed E-state index contributed by atoms with van der Waals surface area (Å²) >= 11 is 0. The summed E-state index contributed by atoms with van der Waals surface area (Å²) in [7, 11) is 1.68. The number of ketones is 1. The normalized spacial score (nSPS) is 11.2. The van der Waals surface area contributed by atoms with Gasteiger partial charge in [0.2, 0.25) is 0 Å². The fourth-order valence-electron chi connectivity index (χ4n) is 4.44. The lowest BCUT2D eigenvalue weighted by Crippen LogP contribution is -2.19. The highest BCUT2D eigenvalue weighted by molar-refractivity contribution is 5.94. The molecule has 0 spiro atoms. The van der Waals surface area contributed by atoms with Crippen LogP contribution in [0.1, 0.15) is 63.7 Å². The van der Waals surface area contributed by atoms with E-state index in [0.29, 0.717) is 16.9 Å². The molecule has 0 radical (unpaired) electrons. The second-order valence-corrected chi connectivity index (χ2v) is 9.89. The first-order valence-corrected chi connectivity index (χ1v) is 12.3. The highest BCUT2D eigenvalue weighted by Gasteiger charge is 2.25. The average molecular weight is 493 g/mol. The molecule has 188 valence electrons. The zero-order chi connectivity index (χ0) is 26.7. The number of carbonyl (C=O) groups is 2. The van der Waals surface area contributed by atoms with E-state index in [-0.39, 0.29) is 11.2 Å². The van der Waals surface area contributed by atoms with E-state index in [9.17, 15) is 9.59 Å². The van der Waals surface area contributed by atoms with E-state index in [2.05, 4.69) is 32.0 Å². The number of rotatable bonds is 7. The molecule has 4 aromatic rings. The average Bonchev–Trinajstić information content (AvgIpc) is 2.89. The monoisotopic (exact) mass is 492 g/mol. The second-order valence-electron chi connectivity index (χ2n) is 9.89. The van der Waals surface area contributed by atoms with Crippen LogP contribution in [0.5, 0.6) is 11.5 Å². The summed E-state index contributed by atoms with van der Waals surface area (Å²) in [5.41, 5.74) is 7.16. The standard InChI is InChI=1S/C33H32O4/c1-21-19-28(15-17-30(21)36-6)33(4,5)29-16-18-31(22(2)20-29)37-32(35)27-13-11-26(12-14-27)25-9-7-24(8-10-25)23(3)34/h7-20H,1-6H3. The Labute approximate surface area is 218 Å². The van der Waals surface area contributed by atoms with E-state index in [1.807, 2.05) is 68.4 Å². The van der Waals surface area contributed by atoms with Gasteiger partial charge in [-0.15, -0.1) is 0 Å². The zero-order valence-electron chi connectivity index (χ0n) is 22.2. The van der Waals surface area contributed by atoms with Crippen molar-refractivity contribution in [2.24, 2.45) is 0 Å². The van der Waals surface area contributed by atoms with Crippen molar-refractivity contribution in [2.75, 3.05) is 7.11 Å². The highest BCUT2D eigenvalue weighted by Crippen LogP contribution is 2.36. The summed E-state index contributed by atoms with van der Waals surface area (Å²) in [6.07, 6.45) is 0. The molecule has 0 unspecified atom stereocenters. The Kier molecular flexibility index (Phi) is 7.30. The van der Waals surface area contributed by atoms with E-state index in [4.69, 9.17) is 9.47 Å². The maximum atomic E-state index is 12.9. The van der Waals surface area contributed by atoms with Crippen LogP contribution in [0.4, 0.5) is 0 Å². The Bertz CT molecular complexity index is 1450. The van der Waals surface area contributed by atoms with E-state index < -0.39 is 5.97 Å². The molecule has 4 aromatic carbocycles. The summed E-state index contributed by atoms with van der Waals surface area (Å²) in [5, 5.41) is 0. The molecule has 0 atom stereocenters. The molecular formula is C33H32O4. The van der Waals surface area contributed by atoms with Crippen LogP contribution in [0.2, 0.25) is 0 Å². The number of benzene rings is 4. The van der Waals surface area contributed by atoms with Crippen LogP contribution in [-0.4, -0.2) is 18.9 Å². The van der Waals surface area contributed by atoms with Gasteiger partial charge in [-0.1, -0.05) is 74.5 Å². The number of ether oxygens (including phenoxy) is 2. The van der Waals surface area contributed by atoms with E-state index in [1.165, 1.54) is 5.56 Å². The third-order valence-electron chi connectivity index (χ3n) is 6.96. The molecule has 0 N–H and O–H groups in total. The Morgan fingerprint density at radius 3 is 1.54 bits per heavy atom. The third-order valence-corrected chi connectivity index (χ3v) is 6.96. The molecule has 0 aromatic heterocycles. The lowest BCUT2D eigenvalue weighted by atomic mass is 9.77. The molecule has 0 aliphatic carbocycles. The maximum absolute atomic E-state index is 12.9. The first-order chi connectivity index (χ1) is 17.6. The number of aryl methyl sites for hydroxylation is 2. The van der Waals surface area contributed by atoms with Crippen LogP contribution in [0.15, 0.2) is 84.9 Å². The highest BCUT2D eigenvalue weighted by atomic mass is 16.5. The quantitative estimate of drug-likeness (QED) is 0.150. The minimum absolute atomic E-state index is 0.0346. The first-order valence-electron chi connectivity index (χ1n) is 12.3. The van der Waals surface area contributed by atoms with Crippen LogP contribution in [0.3, 0.4) is 0 Å². The van der Waals surface area contributed by atoms with Gasteiger partial charge in [0, 0.05) is 11.0 Å². The summed E-state index contributed by atoms with van der Waals surface area (Å²) < 4.78 is 11.2. The molecule has 0 aliphatic rings. The smallest absolute Gasteiger partial charge is 0.343 e. The van der Waals surface area contributed by atoms with Crippen molar-refractivity contribution in [2.45, 2.75) is 40.0 Å². The van der Waals surface area contributed by atoms with Crippen molar-refractivity contribution in [3.63, 3.8) is 0 Å². The van der Waals surface area contributed by atoms with Gasteiger partial charge in [-0.25, -0.2) is 4.79 Å². The summed E-state index contributed by atoms with van der Waals surface area (Å²) in [6.45, 7) is 9.92. The molecule has 0 amide bonds. The van der Waals surface area contributed by atoms with Gasteiger partial charge in [-0.2, -0.15) is 0 Å². The number of Topliss-reactive ketones (excluding diaryl/α,β-unsaturated/α-hetero) is 1. The topological polar surface area (TPSA) is 52.6 Å². The molecule has 0 aliphatic heterocycles. The van der Waals surface area contributed by atoms with Crippen LogP contribution in [-0.2, 0) is 5.41 Å². The molecule has 0 saturated heterocycles. The molecule has 4 heteroatoms. The zero-order valence-corrected chi connectivity index (χ0v) is 22.2. The second kappa shape index (κ2) is 10.4. The lowest BCUT2D eigenvalue weighted by Gasteiger charge is -2.27. The van der Waals surface area contributed by atoms with Crippen molar-refractivity contribution >= 4 is 11.8 Å². The first kappa shape index (κ1) is 25.9. The number of hydrogen-bond acceptors (Lipinski definition) is 4. The van der Waals surface area contributed by atoms with Gasteiger partial charge in [-0.3, -0.25) is 4.79 Å². The summed E-state index contributed by atoms with van der Waals surface area (Å²) in [4.78, 5) is 24.4. The van der Waals surface area contributed by atoms with Gasteiger partial charge in [-0.05, 0) is 78.4 Å². The van der Waals surface area contributed by atoms with Gasteiger partial charge >= 0.3 is 5.97 Å². The van der Waals surface area contributed by atoms with Gasteiger partial charge in [0.15, 0.2) is 5.78 Å². The minimum Gasteiger partial charge on any atom is -0.496 e. The fraction of sp³-hybridized carbons (Fsp3) is 0.212. The van der Waals surface area contributed by atoms with Crippen LogP contribution >= 0.6 is 0 Å². The number of esters is 1. The number of methoxy groups -OCH3 is 1. The Balaban J connectivity index is 1.49. The molecule has 4 rings (SSSR count). The number of hydrogen-bond donors (Lipinski definition) is 0. The Morgan fingerprint density at radius 2 is 1.11 bits per heavy atom. The fourth-order valence-corrected chi connectivity index (χ4v) is 4.44. The van der Waals surface area contributed by atoms with Crippen molar-refractivity contribution < 1.29 is 19.1 Å². The molecule has 0 fully saturated rings. The summed E-state index contributed by atoms with van der Waals surface area (Å²) in [5.74, 6) is 1.04. The van der Waals surface area contributed by atoms with Crippen LogP contribution in [0, 0.1) is 13.8 Å². The van der Waals surface area contributed by atoms with Gasteiger partial charge in [0.05, 0.1) is 12.7 Å². The predicted molar refractivity (Wildman–Crippen MR) is 148 cm³/mol. The molecule has 0 bridgehead atoms. The molecule has 0 heterocycles. The Hall–Kier alpha value is -4.18. The van der Waals surface area contributed by atoms with Crippen molar-refractivity contribution in [1.29, 1.82) is 0 Å². The molecule has 0 saturated carbocycles. The Morgan fingerprint density at radius 1 is 0.649 bits per heavy atom. The summed E-state index contributed by atoms with van der Waals surface area (Å²) in [6, 6.07) is 26.9. The van der Waals surface area contributed by atoms with Crippen molar-refractivity contribution in [1.82, 2.24) is 0 Å². The van der Waals surface area contributed by atoms with E-state index in [0.717, 1.165) is 33.6 Å². The SMILES string of the molecule is COc1ccc(C(C)(C)c2ccc(OC(=O)c3ccc(-c4ccc(C(C)=O)cc4)cc3)c(C)c2)cc1C. The lowest BCUT2D eigenvalue weighted by molar-refractivity contribution is 0.0733. The van der Waals surface area contributed by atoms with Crippen LogP contribution in [0.25, 0.3) is 11.1 Å². The van der Waals surface area contributed by atoms with Gasteiger partial charge in [0.25, 0.3) is 0 Å². The maximum Gasteiger partial charge on any atom is 0.343 e. The van der Waals surface area contributed by atoms with Gasteiger partial charge < -0.3 is 9.47 Å².